The van der Waals surface area contributed by atoms with E-state index in [4.69, 9.17) is 0 Å². The number of carbonyl (C=O) groups excluding carboxylic acids is 3. The summed E-state index contributed by atoms with van der Waals surface area (Å²) in [7, 11) is 1.73. The van der Waals surface area contributed by atoms with Gasteiger partial charge in [0.1, 0.15) is 12.1 Å². The molecule has 4 rings (SSSR count). The highest BCUT2D eigenvalue weighted by Crippen LogP contribution is 2.55. The minimum absolute atomic E-state index is 0.0461. The maximum Gasteiger partial charge on any atom is 0.246 e. The molecule has 0 radical (unpaired) electrons. The molecule has 3 amide bonds. The van der Waals surface area contributed by atoms with Gasteiger partial charge in [-0.2, -0.15) is 0 Å². The van der Waals surface area contributed by atoms with Gasteiger partial charge in [0.05, 0.1) is 17.5 Å². The number of fused-ring (bicyclic) bond motifs is 2. The van der Waals surface area contributed by atoms with Crippen molar-refractivity contribution in [1.29, 1.82) is 0 Å². The molecular weight excluding hydrogens is 484 g/mol. The Labute approximate surface area is 226 Å². The number of hydrogen-bond donors (Lipinski definition) is 3. The Bertz CT molecular complexity index is 1000. The van der Waals surface area contributed by atoms with Gasteiger partial charge < -0.3 is 20.9 Å². The molecule has 0 saturated carbocycles. The number of carbonyl (C=O) groups is 3. The quantitative estimate of drug-likeness (QED) is 0.503. The number of rotatable bonds is 7. The predicted molar refractivity (Wildman–Crippen MR) is 149 cm³/mol. The Morgan fingerprint density at radius 2 is 1.73 bits per heavy atom. The minimum atomic E-state index is -0.623. The molecular formula is C29H44N4O3S. The van der Waals surface area contributed by atoms with E-state index in [0.29, 0.717) is 6.42 Å². The number of nitrogens with one attached hydrogen (secondary N) is 3. The molecule has 0 spiro atoms. The Morgan fingerprint density at radius 1 is 1.03 bits per heavy atom. The summed E-state index contributed by atoms with van der Waals surface area (Å²) in [4.78, 5) is 43.0. The molecule has 3 N–H and O–H groups in total. The van der Waals surface area contributed by atoms with E-state index in [9.17, 15) is 14.4 Å². The summed E-state index contributed by atoms with van der Waals surface area (Å²) in [6.45, 7) is 10.5. The number of nitrogens with zero attached hydrogens (tertiary/aromatic N) is 1. The van der Waals surface area contributed by atoms with Crippen molar-refractivity contribution in [2.24, 2.45) is 17.3 Å². The number of benzene rings is 1. The lowest BCUT2D eigenvalue weighted by Crippen LogP contribution is -2.60. The van der Waals surface area contributed by atoms with Crippen molar-refractivity contribution in [2.45, 2.75) is 96.3 Å². The van der Waals surface area contributed by atoms with E-state index in [-0.39, 0.29) is 46.4 Å². The molecule has 8 heteroatoms. The van der Waals surface area contributed by atoms with Crippen molar-refractivity contribution in [3.63, 3.8) is 0 Å². The van der Waals surface area contributed by atoms with Crippen LogP contribution in [-0.2, 0) is 20.8 Å². The summed E-state index contributed by atoms with van der Waals surface area (Å²) in [6.07, 6.45) is 4.32. The lowest BCUT2D eigenvalue weighted by atomic mass is 9.63. The molecule has 3 aliphatic rings. The Morgan fingerprint density at radius 3 is 2.41 bits per heavy atom. The standard InChI is InChI=1S/C29H44N4O3S/c1-17(2)29(18(3)4)16-24-33(28(36)23(14-15-37-24)32-26(34)19(5)30-6)25(29)27(35)31-22-13-9-11-20-10-7-8-12-21(20)22/h7-8,10,12,17-19,22-25,30H,9,11,13-16H2,1-6H3,(H,31,35)(H,32,34)/t19-,22+,23-,24?,25?/m0/s1. The van der Waals surface area contributed by atoms with E-state index in [1.54, 1.807) is 25.7 Å². The van der Waals surface area contributed by atoms with Gasteiger partial charge in [0.15, 0.2) is 0 Å². The second kappa shape index (κ2) is 11.4. The molecule has 2 saturated heterocycles. The van der Waals surface area contributed by atoms with Gasteiger partial charge in [0.25, 0.3) is 0 Å². The van der Waals surface area contributed by atoms with Gasteiger partial charge in [-0.3, -0.25) is 14.4 Å². The maximum atomic E-state index is 14.3. The fraction of sp³-hybridized carbons (Fsp3) is 0.690. The third-order valence-electron chi connectivity index (χ3n) is 9.12. The summed E-state index contributed by atoms with van der Waals surface area (Å²) >= 11 is 1.75. The van der Waals surface area contributed by atoms with Gasteiger partial charge in [-0.1, -0.05) is 52.0 Å². The first-order valence-electron chi connectivity index (χ1n) is 13.9. The molecule has 37 heavy (non-hydrogen) atoms. The van der Waals surface area contributed by atoms with Crippen molar-refractivity contribution in [3.8, 4) is 0 Å². The van der Waals surface area contributed by atoms with Crippen LogP contribution in [0.4, 0.5) is 0 Å². The zero-order valence-corrected chi connectivity index (χ0v) is 24.0. The SMILES string of the molecule is CN[C@@H](C)C(=O)N[C@H]1CCSC2CC(C(C)C)(C(C)C)C(C(=O)N[C@@H]3CCCc4ccccc43)N2C1=O. The van der Waals surface area contributed by atoms with Gasteiger partial charge >= 0.3 is 0 Å². The molecule has 0 bridgehead atoms. The fourth-order valence-electron chi connectivity index (χ4n) is 6.83. The van der Waals surface area contributed by atoms with Crippen LogP contribution in [0.25, 0.3) is 0 Å². The van der Waals surface area contributed by atoms with Crippen molar-refractivity contribution in [3.05, 3.63) is 35.4 Å². The van der Waals surface area contributed by atoms with Crippen LogP contribution in [-0.4, -0.2) is 58.9 Å². The second-order valence-corrected chi connectivity index (χ2v) is 12.9. The smallest absolute Gasteiger partial charge is 0.246 e. The highest BCUT2D eigenvalue weighted by atomic mass is 32.2. The zero-order valence-electron chi connectivity index (χ0n) is 23.2. The highest BCUT2D eigenvalue weighted by Gasteiger charge is 2.61. The van der Waals surface area contributed by atoms with Crippen LogP contribution in [0.15, 0.2) is 24.3 Å². The topological polar surface area (TPSA) is 90.5 Å². The van der Waals surface area contributed by atoms with Gasteiger partial charge in [-0.25, -0.2) is 0 Å². The third-order valence-corrected chi connectivity index (χ3v) is 10.4. The third kappa shape index (κ3) is 5.16. The first kappa shape index (κ1) is 28.0. The van der Waals surface area contributed by atoms with E-state index in [0.717, 1.165) is 31.4 Å². The number of amides is 3. The average Bonchev–Trinajstić information content (AvgIpc) is 3.17. The average molecular weight is 529 g/mol. The van der Waals surface area contributed by atoms with Crippen LogP contribution >= 0.6 is 11.8 Å². The van der Waals surface area contributed by atoms with Crippen LogP contribution in [0.1, 0.15) is 77.5 Å². The van der Waals surface area contributed by atoms with E-state index < -0.39 is 18.1 Å². The summed E-state index contributed by atoms with van der Waals surface area (Å²) in [5.74, 6) is 0.805. The number of thioether (sulfide) groups is 1. The first-order chi connectivity index (χ1) is 17.6. The molecule has 7 nitrogen and oxygen atoms in total. The van der Waals surface area contributed by atoms with E-state index in [1.165, 1.54) is 11.1 Å². The summed E-state index contributed by atoms with van der Waals surface area (Å²) in [6, 6.07) is 6.73. The number of likely N-dealkylation sites (N-methyl/N-ethyl adjacent to an activating group) is 1. The monoisotopic (exact) mass is 528 g/mol. The largest absolute Gasteiger partial charge is 0.347 e. The fourth-order valence-corrected chi connectivity index (χ4v) is 8.26. The van der Waals surface area contributed by atoms with E-state index in [2.05, 4.69) is 61.8 Å². The summed E-state index contributed by atoms with van der Waals surface area (Å²) in [5, 5.41) is 9.25. The molecule has 1 aromatic carbocycles. The van der Waals surface area contributed by atoms with Crippen molar-refractivity contribution in [2.75, 3.05) is 12.8 Å². The van der Waals surface area contributed by atoms with Crippen molar-refractivity contribution < 1.29 is 14.4 Å². The molecule has 2 heterocycles. The molecule has 0 aromatic heterocycles. The van der Waals surface area contributed by atoms with Crippen LogP contribution in [0, 0.1) is 17.3 Å². The lowest BCUT2D eigenvalue weighted by Gasteiger charge is -2.44. The Balaban J connectivity index is 1.69. The van der Waals surface area contributed by atoms with E-state index >= 15 is 0 Å². The molecule has 204 valence electrons. The van der Waals surface area contributed by atoms with Gasteiger partial charge in [-0.05, 0) is 74.8 Å². The van der Waals surface area contributed by atoms with Gasteiger partial charge in [0.2, 0.25) is 17.7 Å². The van der Waals surface area contributed by atoms with Gasteiger partial charge in [-0.15, -0.1) is 11.8 Å². The normalized spacial score (nSPS) is 27.9. The first-order valence-corrected chi connectivity index (χ1v) is 15.0. The van der Waals surface area contributed by atoms with Crippen LogP contribution < -0.4 is 16.0 Å². The molecule has 2 aliphatic heterocycles. The second-order valence-electron chi connectivity index (χ2n) is 11.6. The maximum absolute atomic E-state index is 14.3. The summed E-state index contributed by atoms with van der Waals surface area (Å²) < 4.78 is 0. The lowest BCUT2D eigenvalue weighted by molar-refractivity contribution is -0.146. The summed E-state index contributed by atoms with van der Waals surface area (Å²) in [5.41, 5.74) is 2.14. The molecule has 2 fully saturated rings. The molecule has 1 aromatic rings. The minimum Gasteiger partial charge on any atom is -0.347 e. The highest BCUT2D eigenvalue weighted by molar-refractivity contribution is 7.99. The van der Waals surface area contributed by atoms with Crippen LogP contribution in [0.2, 0.25) is 0 Å². The predicted octanol–water partition coefficient (Wildman–Crippen LogP) is 3.64. The Kier molecular flexibility index (Phi) is 8.58. The Hall–Kier alpha value is -2.06. The molecule has 2 unspecified atom stereocenters. The zero-order chi connectivity index (χ0) is 26.9. The van der Waals surface area contributed by atoms with E-state index in [1.807, 2.05) is 11.0 Å². The number of hydrogen-bond acceptors (Lipinski definition) is 5. The van der Waals surface area contributed by atoms with Crippen molar-refractivity contribution in [1.82, 2.24) is 20.9 Å². The molecule has 1 aliphatic carbocycles. The molecule has 5 atom stereocenters. The van der Waals surface area contributed by atoms with Crippen molar-refractivity contribution >= 4 is 29.5 Å². The van der Waals surface area contributed by atoms with Crippen LogP contribution in [0.5, 0.6) is 0 Å². The number of aryl methyl sites for hydroxylation is 1. The van der Waals surface area contributed by atoms with Gasteiger partial charge in [0, 0.05) is 5.41 Å². The van der Waals surface area contributed by atoms with Crippen LogP contribution in [0.3, 0.4) is 0 Å².